The summed E-state index contributed by atoms with van der Waals surface area (Å²) in [7, 11) is -2.02. The third-order valence-corrected chi connectivity index (χ3v) is 12.9. The molecule has 2 heterocycles. The highest BCUT2D eigenvalue weighted by Gasteiger charge is 2.35. The number of carbonyl (C=O) groups is 2. The second-order valence-corrected chi connectivity index (χ2v) is 18.8. The molecule has 0 aromatic heterocycles. The Kier molecular flexibility index (Phi) is 15.3. The monoisotopic (exact) mass is 976 g/mol. The van der Waals surface area contributed by atoms with E-state index in [9.17, 15) is 26.4 Å². The first-order chi connectivity index (χ1) is 24.2. The van der Waals surface area contributed by atoms with Gasteiger partial charge < -0.3 is 15.1 Å². The third kappa shape index (κ3) is 11.9. The molecule has 0 saturated carbocycles. The fourth-order valence-electron chi connectivity index (χ4n) is 5.46. The van der Waals surface area contributed by atoms with Crippen LogP contribution < -0.4 is 5.32 Å². The van der Waals surface area contributed by atoms with Gasteiger partial charge in [-0.05, 0) is 132 Å². The number of halogens is 3. The van der Waals surface area contributed by atoms with Crippen LogP contribution in [0.15, 0.2) is 119 Å². The SMILES string of the molecule is C[C@@H]1CN(C(=O)c2ccccc2)CCN1.C[C@@H]1CN(C(=O)c2ccccc2)CCN1S(=O)(=O)c1ccc(I)cc1.O=S(=O)(Cl)c1ccc(I)cc1. The van der Waals surface area contributed by atoms with Crippen LogP contribution in [0.5, 0.6) is 0 Å². The van der Waals surface area contributed by atoms with E-state index in [1.54, 1.807) is 53.4 Å². The van der Waals surface area contributed by atoms with Gasteiger partial charge in [0, 0.05) is 80.3 Å². The lowest BCUT2D eigenvalue weighted by Crippen LogP contribution is -2.55. The van der Waals surface area contributed by atoms with Crippen molar-refractivity contribution >= 4 is 86.8 Å². The minimum atomic E-state index is -3.55. The fourth-order valence-corrected chi connectivity index (χ4v) is 8.57. The summed E-state index contributed by atoms with van der Waals surface area (Å²) in [6.45, 7) is 7.51. The van der Waals surface area contributed by atoms with Crippen molar-refractivity contribution in [1.29, 1.82) is 0 Å². The van der Waals surface area contributed by atoms with Crippen LogP contribution in [0.4, 0.5) is 0 Å². The maximum absolute atomic E-state index is 12.9. The van der Waals surface area contributed by atoms with Gasteiger partial charge in [0.1, 0.15) is 0 Å². The van der Waals surface area contributed by atoms with Crippen LogP contribution in [-0.4, -0.2) is 94.1 Å². The molecule has 2 amide bonds. The molecule has 2 fully saturated rings. The van der Waals surface area contributed by atoms with Crippen molar-refractivity contribution in [2.75, 3.05) is 39.3 Å². The van der Waals surface area contributed by atoms with E-state index in [2.05, 4.69) is 57.4 Å². The lowest BCUT2D eigenvalue weighted by Gasteiger charge is -2.39. The van der Waals surface area contributed by atoms with Gasteiger partial charge in [-0.3, -0.25) is 9.59 Å². The normalized spacial score (nSPS) is 18.1. The largest absolute Gasteiger partial charge is 0.336 e. The first-order valence-electron chi connectivity index (χ1n) is 16.1. The molecule has 1 N–H and O–H groups in total. The summed E-state index contributed by atoms with van der Waals surface area (Å²) in [6, 6.07) is 31.8. The van der Waals surface area contributed by atoms with Crippen molar-refractivity contribution in [3.63, 3.8) is 0 Å². The Labute approximate surface area is 332 Å². The van der Waals surface area contributed by atoms with Gasteiger partial charge in [0.05, 0.1) is 9.79 Å². The summed E-state index contributed by atoms with van der Waals surface area (Å²) < 4.78 is 50.6. The number of carbonyl (C=O) groups excluding carboxylic acids is 2. The van der Waals surface area contributed by atoms with Gasteiger partial charge in [-0.2, -0.15) is 4.31 Å². The first-order valence-corrected chi connectivity index (χ1v) is 22.0. The molecule has 51 heavy (non-hydrogen) atoms. The number of nitrogens with one attached hydrogen (secondary N) is 1. The van der Waals surface area contributed by atoms with Crippen molar-refractivity contribution in [2.45, 2.75) is 35.7 Å². The Morgan fingerprint density at radius 3 is 1.53 bits per heavy atom. The molecule has 0 radical (unpaired) electrons. The summed E-state index contributed by atoms with van der Waals surface area (Å²) in [5, 5.41) is 3.32. The topological polar surface area (TPSA) is 124 Å². The number of benzene rings is 4. The highest BCUT2D eigenvalue weighted by Crippen LogP contribution is 2.23. The van der Waals surface area contributed by atoms with E-state index in [4.69, 9.17) is 10.7 Å². The Balaban J connectivity index is 0.000000190. The summed E-state index contributed by atoms with van der Waals surface area (Å²) in [4.78, 5) is 28.7. The van der Waals surface area contributed by atoms with Gasteiger partial charge in [0.25, 0.3) is 20.9 Å². The molecule has 2 atom stereocenters. The smallest absolute Gasteiger partial charge is 0.261 e. The van der Waals surface area contributed by atoms with E-state index >= 15 is 0 Å². The Morgan fingerprint density at radius 1 is 0.647 bits per heavy atom. The van der Waals surface area contributed by atoms with Crippen LogP contribution in [0, 0.1) is 7.14 Å². The predicted molar refractivity (Wildman–Crippen MR) is 217 cm³/mol. The zero-order valence-electron chi connectivity index (χ0n) is 28.0. The van der Waals surface area contributed by atoms with Gasteiger partial charge in [-0.15, -0.1) is 0 Å². The van der Waals surface area contributed by atoms with Crippen molar-refractivity contribution in [3.05, 3.63) is 127 Å². The molecule has 4 aromatic carbocycles. The maximum atomic E-state index is 12.9. The standard InChI is InChI=1S/C18H19IN2O3S.C12H16N2O.C6H4ClIO2S/c1-14-13-20(18(22)15-5-3-2-4-6-15)11-12-21(14)25(23,24)17-9-7-16(19)8-10-17;1-10-9-14(8-7-13-10)12(15)11-5-3-2-4-6-11;7-11(9,10)6-3-1-5(8)2-4-6/h2-10,14H,11-13H2,1H3;2-6,10,13H,7-9H2,1H3;1-4H/t14-;10-;/m11./s1. The number of hydrogen-bond acceptors (Lipinski definition) is 7. The molecule has 0 unspecified atom stereocenters. The predicted octanol–water partition coefficient (Wildman–Crippen LogP) is 6.17. The minimum Gasteiger partial charge on any atom is -0.336 e. The van der Waals surface area contributed by atoms with Gasteiger partial charge in [0.15, 0.2) is 0 Å². The molecule has 272 valence electrons. The van der Waals surface area contributed by atoms with Gasteiger partial charge >= 0.3 is 0 Å². The van der Waals surface area contributed by atoms with Crippen molar-refractivity contribution in [1.82, 2.24) is 19.4 Å². The number of piperazine rings is 2. The highest BCUT2D eigenvalue weighted by molar-refractivity contribution is 14.1. The van der Waals surface area contributed by atoms with Gasteiger partial charge in [0.2, 0.25) is 10.0 Å². The number of hydrogen-bond donors (Lipinski definition) is 1. The number of nitrogens with zero attached hydrogens (tertiary/aromatic N) is 3. The molecule has 0 bridgehead atoms. The van der Waals surface area contributed by atoms with Crippen LogP contribution in [0.25, 0.3) is 0 Å². The summed E-state index contributed by atoms with van der Waals surface area (Å²) in [5.74, 6) is 0.0858. The molecule has 2 aliphatic heterocycles. The summed E-state index contributed by atoms with van der Waals surface area (Å²) in [6.07, 6.45) is 0. The quantitative estimate of drug-likeness (QED) is 0.188. The van der Waals surface area contributed by atoms with E-state index in [1.165, 1.54) is 16.4 Å². The van der Waals surface area contributed by atoms with E-state index < -0.39 is 19.1 Å². The molecule has 0 spiro atoms. The Morgan fingerprint density at radius 2 is 1.10 bits per heavy atom. The summed E-state index contributed by atoms with van der Waals surface area (Å²) >= 11 is 4.23. The fraction of sp³-hybridized carbons (Fsp3) is 0.278. The second-order valence-electron chi connectivity index (χ2n) is 11.9. The molecule has 6 rings (SSSR count). The average molecular weight is 977 g/mol. The van der Waals surface area contributed by atoms with Crippen LogP contribution in [-0.2, 0) is 19.1 Å². The Bertz CT molecular complexity index is 1970. The molecule has 15 heteroatoms. The molecule has 10 nitrogen and oxygen atoms in total. The van der Waals surface area contributed by atoms with Crippen molar-refractivity contribution in [2.24, 2.45) is 0 Å². The summed E-state index contributed by atoms with van der Waals surface area (Å²) in [5.41, 5.74) is 1.41. The zero-order chi connectivity index (χ0) is 37.2. The van der Waals surface area contributed by atoms with Crippen LogP contribution in [0.2, 0.25) is 0 Å². The van der Waals surface area contributed by atoms with E-state index in [0.29, 0.717) is 36.1 Å². The number of sulfonamides is 1. The van der Waals surface area contributed by atoms with E-state index in [0.717, 1.165) is 32.3 Å². The highest BCUT2D eigenvalue weighted by atomic mass is 127. The lowest BCUT2D eigenvalue weighted by atomic mass is 10.1. The van der Waals surface area contributed by atoms with E-state index in [-0.39, 0.29) is 22.8 Å². The molecular weight excluding hydrogens is 938 g/mol. The molecule has 2 saturated heterocycles. The molecule has 4 aromatic rings. The second kappa shape index (κ2) is 18.9. The minimum absolute atomic E-state index is 0.0567. The van der Waals surface area contributed by atoms with Crippen LogP contribution >= 0.6 is 55.9 Å². The number of amides is 2. The lowest BCUT2D eigenvalue weighted by molar-refractivity contribution is 0.0641. The van der Waals surface area contributed by atoms with E-state index in [1.807, 2.05) is 60.4 Å². The van der Waals surface area contributed by atoms with Gasteiger partial charge in [-0.1, -0.05) is 36.4 Å². The Hall–Kier alpha value is -2.61. The average Bonchev–Trinajstić information content (AvgIpc) is 3.12. The molecule has 0 aliphatic carbocycles. The number of rotatable bonds is 5. The molecular formula is C36H39ClI2N4O6S2. The van der Waals surface area contributed by atoms with Gasteiger partial charge in [-0.25, -0.2) is 16.8 Å². The van der Waals surface area contributed by atoms with Crippen molar-refractivity contribution < 1.29 is 26.4 Å². The molecule has 2 aliphatic rings. The maximum Gasteiger partial charge on any atom is 0.261 e. The zero-order valence-corrected chi connectivity index (χ0v) is 34.7. The van der Waals surface area contributed by atoms with Crippen LogP contribution in [0.1, 0.15) is 34.6 Å². The first kappa shape index (κ1) is 41.2. The van der Waals surface area contributed by atoms with Crippen molar-refractivity contribution in [3.8, 4) is 0 Å². The van der Waals surface area contributed by atoms with Crippen LogP contribution in [0.3, 0.4) is 0 Å². The third-order valence-electron chi connectivity index (χ3n) is 8.07.